The highest BCUT2D eigenvalue weighted by atomic mass is 16.3. The molecule has 4 aromatic heterocycles. The van der Waals surface area contributed by atoms with E-state index >= 15 is 0 Å². The zero-order chi connectivity index (χ0) is 33.9. The molecule has 0 atom stereocenters. The second-order valence-electron chi connectivity index (χ2n) is 13.7. The van der Waals surface area contributed by atoms with Gasteiger partial charge in [0.05, 0.1) is 27.5 Å². The SMILES string of the molecule is c1ccc(-n2c3ccccc3c3c4oc5ccc(-c6ccc7c(c6)c6ccccc6n7-c6ccc7oc8ccccc8c7c6)cc5c4ccc32)cc1. The van der Waals surface area contributed by atoms with Crippen molar-refractivity contribution in [1.82, 2.24) is 9.13 Å². The summed E-state index contributed by atoms with van der Waals surface area (Å²) in [5, 5.41) is 9.28. The fourth-order valence-electron chi connectivity index (χ4n) is 8.60. The number of furan rings is 2. The van der Waals surface area contributed by atoms with Crippen molar-refractivity contribution in [2.24, 2.45) is 0 Å². The van der Waals surface area contributed by atoms with Gasteiger partial charge in [-0.15, -0.1) is 0 Å². The summed E-state index contributed by atoms with van der Waals surface area (Å²) in [4.78, 5) is 0. The van der Waals surface area contributed by atoms with Crippen LogP contribution in [0.2, 0.25) is 0 Å². The summed E-state index contributed by atoms with van der Waals surface area (Å²) < 4.78 is 17.6. The quantitative estimate of drug-likeness (QED) is 0.188. The number of benzene rings is 8. The predicted molar refractivity (Wildman–Crippen MR) is 215 cm³/mol. The minimum absolute atomic E-state index is 0.891. The first-order chi connectivity index (χ1) is 25.8. The van der Waals surface area contributed by atoms with Gasteiger partial charge >= 0.3 is 0 Å². The molecule has 4 heterocycles. The molecule has 0 saturated heterocycles. The first kappa shape index (κ1) is 27.7. The molecule has 242 valence electrons. The highest BCUT2D eigenvalue weighted by Crippen LogP contribution is 2.42. The number of aromatic nitrogens is 2. The van der Waals surface area contributed by atoms with E-state index in [4.69, 9.17) is 8.83 Å². The molecular formula is C48H28N2O2. The van der Waals surface area contributed by atoms with Gasteiger partial charge in [0.15, 0.2) is 0 Å². The van der Waals surface area contributed by atoms with Crippen LogP contribution in [0.1, 0.15) is 0 Å². The van der Waals surface area contributed by atoms with E-state index < -0.39 is 0 Å². The zero-order valence-corrected chi connectivity index (χ0v) is 27.9. The molecule has 12 rings (SSSR count). The van der Waals surface area contributed by atoms with Gasteiger partial charge in [0.2, 0.25) is 0 Å². The smallest absolute Gasteiger partial charge is 0.145 e. The standard InChI is InChI=1S/C48H28N2O2/c1-2-10-31(11-3-1)49-41-16-8-5-14-36(41)47-43(49)23-21-35-38-27-30(19-24-46(38)52-48(35)47)29-18-22-42-37(26-29)33-12-4-7-15-40(33)50(42)32-20-25-45-39(28-32)34-13-6-9-17-44(34)51-45/h1-28H. The van der Waals surface area contributed by atoms with Crippen LogP contribution in [0.5, 0.6) is 0 Å². The third-order valence-electron chi connectivity index (χ3n) is 10.9. The number of nitrogens with zero attached hydrogens (tertiary/aromatic N) is 2. The molecule has 12 aromatic rings. The van der Waals surface area contributed by atoms with E-state index in [1.165, 1.54) is 38.3 Å². The molecule has 0 spiro atoms. The molecule has 4 nitrogen and oxygen atoms in total. The Hall–Kier alpha value is -7.04. The molecule has 0 bridgehead atoms. The van der Waals surface area contributed by atoms with Gasteiger partial charge in [-0.05, 0) is 96.1 Å². The summed E-state index contributed by atoms with van der Waals surface area (Å²) in [7, 11) is 0. The molecule has 0 aliphatic rings. The van der Waals surface area contributed by atoms with Gasteiger partial charge in [-0.25, -0.2) is 0 Å². The van der Waals surface area contributed by atoms with Crippen molar-refractivity contribution >= 4 is 87.5 Å². The van der Waals surface area contributed by atoms with E-state index in [-0.39, 0.29) is 0 Å². The van der Waals surface area contributed by atoms with Crippen molar-refractivity contribution in [2.75, 3.05) is 0 Å². The molecule has 0 aliphatic carbocycles. The average Bonchev–Trinajstić information content (AvgIpc) is 3.95. The number of hydrogen-bond donors (Lipinski definition) is 0. The zero-order valence-electron chi connectivity index (χ0n) is 27.9. The molecule has 0 unspecified atom stereocenters. The van der Waals surface area contributed by atoms with Gasteiger partial charge in [-0.1, -0.05) is 84.9 Å². The van der Waals surface area contributed by atoms with Crippen LogP contribution in [0.4, 0.5) is 0 Å². The number of fused-ring (bicyclic) bond motifs is 13. The second-order valence-corrected chi connectivity index (χ2v) is 13.7. The lowest BCUT2D eigenvalue weighted by Gasteiger charge is -2.09. The van der Waals surface area contributed by atoms with Crippen LogP contribution in [0, 0.1) is 0 Å². The Bertz CT molecular complexity index is 3410. The predicted octanol–water partition coefficient (Wildman–Crippen LogP) is 13.3. The van der Waals surface area contributed by atoms with E-state index in [1.807, 2.05) is 12.1 Å². The fraction of sp³-hybridized carbons (Fsp3) is 0. The molecule has 0 radical (unpaired) electrons. The van der Waals surface area contributed by atoms with Crippen molar-refractivity contribution < 1.29 is 8.83 Å². The molecule has 4 heteroatoms. The average molecular weight is 665 g/mol. The van der Waals surface area contributed by atoms with Gasteiger partial charge in [-0.3, -0.25) is 0 Å². The molecule has 0 fully saturated rings. The Balaban J connectivity index is 1.04. The molecule has 0 amide bonds. The number of hydrogen-bond acceptors (Lipinski definition) is 2. The minimum atomic E-state index is 0.891. The molecule has 52 heavy (non-hydrogen) atoms. The summed E-state index contributed by atoms with van der Waals surface area (Å²) in [5.74, 6) is 0. The summed E-state index contributed by atoms with van der Waals surface area (Å²) in [6, 6.07) is 60.6. The van der Waals surface area contributed by atoms with E-state index in [2.05, 4.69) is 167 Å². The van der Waals surface area contributed by atoms with Crippen LogP contribution in [0.15, 0.2) is 179 Å². The highest BCUT2D eigenvalue weighted by molar-refractivity contribution is 6.24. The topological polar surface area (TPSA) is 36.1 Å². The van der Waals surface area contributed by atoms with E-state index in [1.54, 1.807) is 0 Å². The monoisotopic (exact) mass is 664 g/mol. The van der Waals surface area contributed by atoms with Gasteiger partial charge in [0.25, 0.3) is 0 Å². The van der Waals surface area contributed by atoms with Crippen molar-refractivity contribution in [3.05, 3.63) is 170 Å². The van der Waals surface area contributed by atoms with Crippen LogP contribution < -0.4 is 0 Å². The molecule has 0 N–H and O–H groups in total. The fourth-order valence-corrected chi connectivity index (χ4v) is 8.60. The van der Waals surface area contributed by atoms with Crippen LogP contribution in [0.25, 0.3) is 110 Å². The first-order valence-electron chi connectivity index (χ1n) is 17.7. The summed E-state index contributed by atoms with van der Waals surface area (Å²) in [5.41, 5.74) is 12.9. The van der Waals surface area contributed by atoms with Crippen molar-refractivity contribution in [3.63, 3.8) is 0 Å². The van der Waals surface area contributed by atoms with E-state index in [0.29, 0.717) is 0 Å². The maximum atomic E-state index is 6.72. The van der Waals surface area contributed by atoms with Crippen molar-refractivity contribution in [1.29, 1.82) is 0 Å². The summed E-state index contributed by atoms with van der Waals surface area (Å²) in [6.07, 6.45) is 0. The lowest BCUT2D eigenvalue weighted by Crippen LogP contribution is -1.93. The van der Waals surface area contributed by atoms with Gasteiger partial charge in [-0.2, -0.15) is 0 Å². The van der Waals surface area contributed by atoms with E-state index in [9.17, 15) is 0 Å². The number of rotatable bonds is 3. The lowest BCUT2D eigenvalue weighted by molar-refractivity contribution is 0.669. The van der Waals surface area contributed by atoms with Crippen LogP contribution in [-0.4, -0.2) is 9.13 Å². The van der Waals surface area contributed by atoms with Crippen LogP contribution in [0.3, 0.4) is 0 Å². The number of para-hydroxylation sites is 4. The largest absolute Gasteiger partial charge is 0.456 e. The molecular weight excluding hydrogens is 637 g/mol. The highest BCUT2D eigenvalue weighted by Gasteiger charge is 2.20. The Morgan fingerprint density at radius 2 is 0.885 bits per heavy atom. The van der Waals surface area contributed by atoms with Gasteiger partial charge in [0, 0.05) is 49.1 Å². The van der Waals surface area contributed by atoms with Crippen molar-refractivity contribution in [3.8, 4) is 22.5 Å². The van der Waals surface area contributed by atoms with Crippen molar-refractivity contribution in [2.45, 2.75) is 0 Å². The van der Waals surface area contributed by atoms with Gasteiger partial charge < -0.3 is 18.0 Å². The Morgan fingerprint density at radius 3 is 1.75 bits per heavy atom. The Morgan fingerprint density at radius 1 is 0.308 bits per heavy atom. The molecule has 8 aromatic carbocycles. The van der Waals surface area contributed by atoms with Crippen LogP contribution >= 0.6 is 0 Å². The second kappa shape index (κ2) is 10.3. The maximum absolute atomic E-state index is 6.72. The maximum Gasteiger partial charge on any atom is 0.145 e. The molecule has 0 saturated carbocycles. The normalized spacial score (nSPS) is 12.2. The summed E-state index contributed by atoms with van der Waals surface area (Å²) in [6.45, 7) is 0. The summed E-state index contributed by atoms with van der Waals surface area (Å²) >= 11 is 0. The minimum Gasteiger partial charge on any atom is -0.456 e. The first-order valence-corrected chi connectivity index (χ1v) is 17.7. The van der Waals surface area contributed by atoms with Crippen LogP contribution in [-0.2, 0) is 0 Å². The third kappa shape index (κ3) is 3.75. The Labute approximate surface area is 296 Å². The lowest BCUT2D eigenvalue weighted by atomic mass is 10.00. The van der Waals surface area contributed by atoms with Gasteiger partial charge in [0.1, 0.15) is 22.3 Å². The third-order valence-corrected chi connectivity index (χ3v) is 10.9. The molecule has 0 aliphatic heterocycles. The Kier molecular flexibility index (Phi) is 5.47. The van der Waals surface area contributed by atoms with E-state index in [0.717, 1.165) is 71.7 Å².